The number of pyridine rings is 1. The fourth-order valence-corrected chi connectivity index (χ4v) is 1.54. The molecule has 1 amide bonds. The first kappa shape index (κ1) is 14.1. The highest BCUT2D eigenvalue weighted by Gasteiger charge is 2.29. The molecule has 20 heavy (non-hydrogen) atoms. The van der Waals surface area contributed by atoms with E-state index in [-0.39, 0.29) is 6.54 Å². The number of halogens is 3. The molecule has 0 saturated carbocycles. The summed E-state index contributed by atoms with van der Waals surface area (Å²) in [5, 5.41) is 10.0. The van der Waals surface area contributed by atoms with Crippen molar-refractivity contribution in [1.29, 1.82) is 0 Å². The second-order valence-corrected chi connectivity index (χ2v) is 3.91. The van der Waals surface area contributed by atoms with Crippen LogP contribution in [0.15, 0.2) is 24.4 Å². The van der Waals surface area contributed by atoms with Gasteiger partial charge in [-0.3, -0.25) is 4.40 Å². The van der Waals surface area contributed by atoms with E-state index >= 15 is 0 Å². The Morgan fingerprint density at radius 1 is 1.35 bits per heavy atom. The molecule has 0 aliphatic carbocycles. The highest BCUT2D eigenvalue weighted by Crippen LogP contribution is 2.14. The van der Waals surface area contributed by atoms with Crippen molar-refractivity contribution >= 4 is 11.7 Å². The van der Waals surface area contributed by atoms with Gasteiger partial charge in [0.25, 0.3) is 0 Å². The van der Waals surface area contributed by atoms with Crippen LogP contribution >= 0.6 is 0 Å². The lowest BCUT2D eigenvalue weighted by atomic mass is 10.4. The third-order valence-electron chi connectivity index (χ3n) is 2.37. The number of hydrogen-bond acceptors (Lipinski definition) is 4. The van der Waals surface area contributed by atoms with E-state index in [4.69, 9.17) is 0 Å². The Balaban J connectivity index is 1.80. The number of carbonyl (C=O) groups is 1. The van der Waals surface area contributed by atoms with Crippen molar-refractivity contribution in [3.05, 3.63) is 30.2 Å². The Bertz CT molecular complexity index is 597. The monoisotopic (exact) mass is 288 g/mol. The number of carbonyl (C=O) groups excluding carboxylic acids is 1. The Hall–Kier alpha value is -2.32. The minimum atomic E-state index is -4.53. The van der Waals surface area contributed by atoms with Crippen molar-refractivity contribution in [3.63, 3.8) is 0 Å². The third kappa shape index (κ3) is 3.84. The van der Waals surface area contributed by atoms with Crippen LogP contribution in [-0.2, 0) is 11.2 Å². The Morgan fingerprint density at radius 3 is 2.90 bits per heavy atom. The van der Waals surface area contributed by atoms with Crippen molar-refractivity contribution in [2.45, 2.75) is 12.6 Å². The van der Waals surface area contributed by atoms with Crippen LogP contribution in [0.2, 0.25) is 0 Å². The van der Waals surface area contributed by atoms with Crippen molar-refractivity contribution in [2.75, 3.05) is 13.2 Å². The lowest BCUT2D eigenvalue weighted by molar-refractivity contribution is -0.160. The second-order valence-electron chi connectivity index (χ2n) is 3.91. The molecule has 0 aliphatic heterocycles. The summed E-state index contributed by atoms with van der Waals surface area (Å²) in [4.78, 5) is 11.0. The van der Waals surface area contributed by atoms with Gasteiger partial charge in [-0.2, -0.15) is 13.2 Å². The molecule has 0 aliphatic rings. The van der Waals surface area contributed by atoms with E-state index in [0.717, 1.165) is 0 Å². The number of aromatic nitrogens is 3. The Labute approximate surface area is 111 Å². The van der Waals surface area contributed by atoms with Crippen LogP contribution in [0, 0.1) is 0 Å². The smallest absolute Gasteiger partial charge is 0.422 e. The lowest BCUT2D eigenvalue weighted by Crippen LogP contribution is -2.30. The maximum Gasteiger partial charge on any atom is 0.422 e. The Kier molecular flexibility index (Phi) is 4.06. The van der Waals surface area contributed by atoms with Gasteiger partial charge in [-0.1, -0.05) is 6.07 Å². The van der Waals surface area contributed by atoms with Gasteiger partial charge >= 0.3 is 12.3 Å². The summed E-state index contributed by atoms with van der Waals surface area (Å²) in [5.74, 6) is 0.594. The largest absolute Gasteiger partial charge is 0.440 e. The molecule has 1 N–H and O–H groups in total. The first-order chi connectivity index (χ1) is 9.46. The van der Waals surface area contributed by atoms with Gasteiger partial charge in [-0.05, 0) is 12.1 Å². The third-order valence-corrected chi connectivity index (χ3v) is 2.37. The number of rotatable bonds is 4. The van der Waals surface area contributed by atoms with Gasteiger partial charge in [0.05, 0.1) is 0 Å². The highest BCUT2D eigenvalue weighted by atomic mass is 19.4. The average Bonchev–Trinajstić information content (AvgIpc) is 2.79. The molecule has 0 unspecified atom stereocenters. The number of fused-ring (bicyclic) bond motifs is 1. The predicted molar refractivity (Wildman–Crippen MR) is 62.1 cm³/mol. The second kappa shape index (κ2) is 5.76. The maximum atomic E-state index is 11.8. The minimum Gasteiger partial charge on any atom is -0.440 e. The van der Waals surface area contributed by atoms with Crippen LogP contribution in [0.4, 0.5) is 18.0 Å². The van der Waals surface area contributed by atoms with Gasteiger partial charge in [0.15, 0.2) is 12.3 Å². The number of hydrogen-bond donors (Lipinski definition) is 1. The van der Waals surface area contributed by atoms with E-state index in [1.165, 1.54) is 0 Å². The zero-order valence-electron chi connectivity index (χ0n) is 10.2. The van der Waals surface area contributed by atoms with Crippen molar-refractivity contribution in [1.82, 2.24) is 19.9 Å². The first-order valence-electron chi connectivity index (χ1n) is 5.72. The summed E-state index contributed by atoms with van der Waals surface area (Å²) in [6.07, 6.45) is -3.56. The fraction of sp³-hybridized carbons (Fsp3) is 0.364. The predicted octanol–water partition coefficient (Wildman–Crippen LogP) is 1.56. The van der Waals surface area contributed by atoms with Crippen molar-refractivity contribution < 1.29 is 22.7 Å². The summed E-state index contributed by atoms with van der Waals surface area (Å²) in [5.41, 5.74) is 0.655. The van der Waals surface area contributed by atoms with Crippen LogP contribution in [0.3, 0.4) is 0 Å². The number of nitrogens with zero attached hydrogens (tertiary/aromatic N) is 3. The van der Waals surface area contributed by atoms with E-state index in [9.17, 15) is 18.0 Å². The van der Waals surface area contributed by atoms with E-state index < -0.39 is 18.9 Å². The van der Waals surface area contributed by atoms with Crippen molar-refractivity contribution in [2.24, 2.45) is 0 Å². The standard InChI is InChI=1S/C11H11F3N4O2/c12-11(13,14)7-20-10(19)15-5-4-9-17-16-8-3-1-2-6-18(8)9/h1-3,6H,4-5,7H2,(H,15,19). The molecular formula is C11H11F3N4O2. The minimum absolute atomic E-state index is 0.104. The molecule has 9 heteroatoms. The molecule has 0 spiro atoms. The van der Waals surface area contributed by atoms with Crippen LogP contribution < -0.4 is 5.32 Å². The number of amides is 1. The molecule has 6 nitrogen and oxygen atoms in total. The van der Waals surface area contributed by atoms with E-state index in [0.29, 0.717) is 17.9 Å². The fourth-order valence-electron chi connectivity index (χ4n) is 1.54. The molecular weight excluding hydrogens is 277 g/mol. The summed E-state index contributed by atoms with van der Waals surface area (Å²) >= 11 is 0. The van der Waals surface area contributed by atoms with E-state index in [2.05, 4.69) is 20.3 Å². The van der Waals surface area contributed by atoms with Gasteiger partial charge in [0, 0.05) is 19.2 Å². The molecule has 0 fully saturated rings. The average molecular weight is 288 g/mol. The molecule has 2 heterocycles. The molecule has 0 atom stereocenters. The van der Waals surface area contributed by atoms with E-state index in [1.807, 2.05) is 0 Å². The van der Waals surface area contributed by atoms with Gasteiger partial charge < -0.3 is 10.1 Å². The topological polar surface area (TPSA) is 68.5 Å². The lowest BCUT2D eigenvalue weighted by Gasteiger charge is -2.08. The molecule has 2 rings (SSSR count). The quantitative estimate of drug-likeness (QED) is 0.927. The van der Waals surface area contributed by atoms with Crippen LogP contribution in [-0.4, -0.2) is 40.0 Å². The first-order valence-corrected chi connectivity index (χ1v) is 5.72. The molecule has 0 radical (unpaired) electrons. The maximum absolute atomic E-state index is 11.8. The normalized spacial score (nSPS) is 11.6. The van der Waals surface area contributed by atoms with Gasteiger partial charge in [0.2, 0.25) is 0 Å². The number of alkyl carbamates (subject to hydrolysis) is 1. The molecule has 0 bridgehead atoms. The van der Waals surface area contributed by atoms with Crippen LogP contribution in [0.1, 0.15) is 5.82 Å². The summed E-state index contributed by atoms with van der Waals surface area (Å²) in [6.45, 7) is -1.50. The summed E-state index contributed by atoms with van der Waals surface area (Å²) in [7, 11) is 0. The SMILES string of the molecule is O=C(NCCc1nnc2ccccn12)OCC(F)(F)F. The summed E-state index contributed by atoms with van der Waals surface area (Å²) < 4.78 is 41.1. The molecule has 0 saturated heterocycles. The number of alkyl halides is 3. The molecule has 2 aromatic rings. The molecule has 108 valence electrons. The zero-order valence-corrected chi connectivity index (χ0v) is 10.2. The number of ether oxygens (including phenoxy) is 1. The van der Waals surface area contributed by atoms with Gasteiger partial charge in [-0.15, -0.1) is 10.2 Å². The zero-order chi connectivity index (χ0) is 14.6. The van der Waals surface area contributed by atoms with Crippen LogP contribution in [0.25, 0.3) is 5.65 Å². The molecule has 2 aromatic heterocycles. The van der Waals surface area contributed by atoms with Crippen LogP contribution in [0.5, 0.6) is 0 Å². The number of nitrogens with one attached hydrogen (secondary N) is 1. The van der Waals surface area contributed by atoms with E-state index in [1.54, 1.807) is 28.8 Å². The highest BCUT2D eigenvalue weighted by molar-refractivity contribution is 5.67. The Morgan fingerprint density at radius 2 is 2.15 bits per heavy atom. The van der Waals surface area contributed by atoms with Gasteiger partial charge in [0.1, 0.15) is 5.82 Å². The molecule has 0 aromatic carbocycles. The summed E-state index contributed by atoms with van der Waals surface area (Å²) in [6, 6.07) is 5.37. The van der Waals surface area contributed by atoms with Crippen molar-refractivity contribution in [3.8, 4) is 0 Å². The van der Waals surface area contributed by atoms with Gasteiger partial charge in [-0.25, -0.2) is 4.79 Å².